The third-order valence-electron chi connectivity index (χ3n) is 12.7. The third-order valence-corrected chi connectivity index (χ3v) is 13.7. The fourth-order valence-electron chi connectivity index (χ4n) is 8.41. The lowest BCUT2D eigenvalue weighted by molar-refractivity contribution is -0.154. The van der Waals surface area contributed by atoms with Gasteiger partial charge < -0.3 is 24.6 Å². The summed E-state index contributed by atoms with van der Waals surface area (Å²) in [7, 11) is -4.52. The summed E-state index contributed by atoms with van der Waals surface area (Å²) in [6.07, 6.45) is 57.6. The van der Waals surface area contributed by atoms with Gasteiger partial charge in [0.25, 0.3) is 0 Å². The molecule has 0 aromatic rings. The summed E-state index contributed by atoms with van der Waals surface area (Å²) in [5.74, 6) is -0.374. The van der Waals surface area contributed by atoms with Crippen molar-refractivity contribution >= 4 is 13.8 Å². The molecule has 0 aliphatic carbocycles. The van der Waals surface area contributed by atoms with Crippen molar-refractivity contribution in [3.8, 4) is 0 Å². The van der Waals surface area contributed by atoms with E-state index in [0.29, 0.717) is 6.61 Å². The second-order valence-electron chi connectivity index (χ2n) is 19.3. The molecular weight excluding hydrogens is 836 g/mol. The Kier molecular flexibility index (Phi) is 51.9. The van der Waals surface area contributed by atoms with Gasteiger partial charge in [-0.15, -0.1) is 0 Å². The van der Waals surface area contributed by atoms with Gasteiger partial charge in [0.2, 0.25) is 0 Å². The summed E-state index contributed by atoms with van der Waals surface area (Å²) in [6.45, 7) is 3.60. The van der Waals surface area contributed by atoms with Crippen molar-refractivity contribution in [2.24, 2.45) is 0 Å². The Morgan fingerprint density at radius 1 is 0.462 bits per heavy atom. The standard InChI is InChI=1S/C55H109O9P/c1-3-5-7-9-11-13-15-17-19-21-23-25-27-29-31-33-35-37-39-41-43-45-47-55(58)64-54(52-63-65(59,60)62-50-53(57)49-56)51-61-48-46-44-42-40-38-36-34-32-30-28-26-24-22-20-18-16-14-12-10-8-6-4-2/h22,24,53-54,56-57H,3-21,23,25-52H2,1-2H3,(H,59,60)/b24-22-. The zero-order valence-corrected chi connectivity index (χ0v) is 43.9. The van der Waals surface area contributed by atoms with Crippen molar-refractivity contribution in [2.45, 2.75) is 302 Å². The van der Waals surface area contributed by atoms with Crippen molar-refractivity contribution in [2.75, 3.05) is 33.0 Å². The molecule has 3 unspecified atom stereocenters. The number of esters is 1. The fraction of sp³-hybridized carbons (Fsp3) is 0.945. The number of hydrogen-bond donors (Lipinski definition) is 3. The molecule has 0 spiro atoms. The highest BCUT2D eigenvalue weighted by atomic mass is 31.2. The van der Waals surface area contributed by atoms with Crippen LogP contribution in [0.2, 0.25) is 0 Å². The largest absolute Gasteiger partial charge is 0.472 e. The monoisotopic (exact) mass is 945 g/mol. The first-order valence-electron chi connectivity index (χ1n) is 28.2. The van der Waals surface area contributed by atoms with Gasteiger partial charge in [0.1, 0.15) is 12.2 Å². The van der Waals surface area contributed by atoms with Gasteiger partial charge in [-0.1, -0.05) is 257 Å². The van der Waals surface area contributed by atoms with E-state index in [0.717, 1.165) is 32.1 Å². The minimum absolute atomic E-state index is 0.0550. The number of phosphoric acid groups is 1. The molecule has 0 fully saturated rings. The predicted octanol–water partition coefficient (Wildman–Crippen LogP) is 16.8. The Labute approximate surface area is 402 Å². The molecular formula is C55H109O9P. The first-order chi connectivity index (χ1) is 31.8. The van der Waals surface area contributed by atoms with E-state index in [9.17, 15) is 19.4 Å². The highest BCUT2D eigenvalue weighted by Crippen LogP contribution is 2.43. The topological polar surface area (TPSA) is 132 Å². The number of hydrogen-bond acceptors (Lipinski definition) is 8. The first kappa shape index (κ1) is 64.2. The molecule has 0 heterocycles. The van der Waals surface area contributed by atoms with Crippen molar-refractivity contribution in [1.29, 1.82) is 0 Å². The number of rotatable bonds is 55. The maximum atomic E-state index is 12.7. The van der Waals surface area contributed by atoms with Crippen LogP contribution in [0.5, 0.6) is 0 Å². The van der Waals surface area contributed by atoms with E-state index in [-0.39, 0.29) is 25.6 Å². The smallest absolute Gasteiger partial charge is 0.457 e. The number of unbranched alkanes of at least 4 members (excludes halogenated alkanes) is 39. The molecule has 3 atom stereocenters. The summed E-state index contributed by atoms with van der Waals surface area (Å²) in [5.41, 5.74) is 0. The van der Waals surface area contributed by atoms with Crippen LogP contribution in [0.3, 0.4) is 0 Å². The summed E-state index contributed by atoms with van der Waals surface area (Å²) < 4.78 is 33.6. The van der Waals surface area contributed by atoms with E-state index in [1.807, 2.05) is 0 Å². The number of aliphatic hydroxyl groups excluding tert-OH is 2. The molecule has 10 heteroatoms. The Balaban J connectivity index is 3.98. The molecule has 0 saturated heterocycles. The number of phosphoric ester groups is 1. The summed E-state index contributed by atoms with van der Waals surface area (Å²) in [5, 5.41) is 18.4. The van der Waals surface area contributed by atoms with Crippen LogP contribution in [0.15, 0.2) is 12.2 Å². The molecule has 0 aromatic carbocycles. The molecule has 0 aliphatic heterocycles. The number of carbonyl (C=O) groups is 1. The van der Waals surface area contributed by atoms with Crippen LogP contribution >= 0.6 is 7.82 Å². The van der Waals surface area contributed by atoms with Crippen molar-refractivity contribution in [1.82, 2.24) is 0 Å². The van der Waals surface area contributed by atoms with Gasteiger partial charge in [0, 0.05) is 13.0 Å². The van der Waals surface area contributed by atoms with Crippen molar-refractivity contribution < 1.29 is 43.0 Å². The van der Waals surface area contributed by atoms with Gasteiger partial charge in [-0.05, 0) is 38.5 Å². The SMILES string of the molecule is CCCCCCCCCC/C=C\CCCCCCCCCCCCOCC(COP(=O)(O)OCC(O)CO)OC(=O)CCCCCCCCCCCCCCCCCCCCCCCC. The Morgan fingerprint density at radius 2 is 0.785 bits per heavy atom. The van der Waals surface area contributed by atoms with Crippen LogP contribution in [0.25, 0.3) is 0 Å². The van der Waals surface area contributed by atoms with E-state index in [1.165, 1.54) is 238 Å². The molecule has 9 nitrogen and oxygen atoms in total. The van der Waals surface area contributed by atoms with Crippen molar-refractivity contribution in [3.05, 3.63) is 12.2 Å². The van der Waals surface area contributed by atoms with E-state index >= 15 is 0 Å². The van der Waals surface area contributed by atoms with Crippen LogP contribution in [0, 0.1) is 0 Å². The molecule has 0 rings (SSSR count). The minimum Gasteiger partial charge on any atom is -0.457 e. The molecule has 0 aliphatic rings. The predicted molar refractivity (Wildman–Crippen MR) is 275 cm³/mol. The van der Waals surface area contributed by atoms with Gasteiger partial charge >= 0.3 is 13.8 Å². The van der Waals surface area contributed by atoms with E-state index in [2.05, 4.69) is 26.0 Å². The first-order valence-corrected chi connectivity index (χ1v) is 29.7. The van der Waals surface area contributed by atoms with Crippen LogP contribution in [-0.2, 0) is 27.9 Å². The molecule has 65 heavy (non-hydrogen) atoms. The molecule has 3 N–H and O–H groups in total. The number of aliphatic hydroxyl groups is 2. The lowest BCUT2D eigenvalue weighted by Crippen LogP contribution is -2.29. The van der Waals surface area contributed by atoms with E-state index in [4.69, 9.17) is 23.6 Å². The number of allylic oxidation sites excluding steroid dienone is 2. The normalized spacial score (nSPS) is 13.7. The Hall–Kier alpha value is -0.800. The van der Waals surface area contributed by atoms with E-state index in [1.54, 1.807) is 0 Å². The average molecular weight is 945 g/mol. The highest BCUT2D eigenvalue weighted by Gasteiger charge is 2.26. The lowest BCUT2D eigenvalue weighted by atomic mass is 10.0. The zero-order chi connectivity index (χ0) is 47.4. The van der Waals surface area contributed by atoms with Crippen LogP contribution in [0.1, 0.15) is 290 Å². The minimum atomic E-state index is -4.52. The third kappa shape index (κ3) is 52.4. The molecule has 0 aromatic heterocycles. The maximum absolute atomic E-state index is 12.7. The van der Waals surface area contributed by atoms with Crippen molar-refractivity contribution in [3.63, 3.8) is 0 Å². The Bertz CT molecular complexity index is 1030. The molecule has 0 amide bonds. The quantitative estimate of drug-likeness (QED) is 0.0236. The van der Waals surface area contributed by atoms with Gasteiger partial charge in [0.05, 0.1) is 26.4 Å². The van der Waals surface area contributed by atoms with E-state index < -0.39 is 33.2 Å². The van der Waals surface area contributed by atoms with Gasteiger partial charge in [0.15, 0.2) is 0 Å². The second kappa shape index (κ2) is 52.6. The lowest BCUT2D eigenvalue weighted by Gasteiger charge is -2.20. The molecule has 388 valence electrons. The second-order valence-corrected chi connectivity index (χ2v) is 20.8. The van der Waals surface area contributed by atoms with Crippen LogP contribution in [0.4, 0.5) is 0 Å². The summed E-state index contributed by atoms with van der Waals surface area (Å²) in [4.78, 5) is 22.7. The average Bonchev–Trinajstić information content (AvgIpc) is 3.30. The van der Waals surface area contributed by atoms with Gasteiger partial charge in [-0.25, -0.2) is 4.57 Å². The maximum Gasteiger partial charge on any atom is 0.472 e. The molecule has 0 bridgehead atoms. The number of carbonyl (C=O) groups excluding carboxylic acids is 1. The zero-order valence-electron chi connectivity index (χ0n) is 43.0. The Morgan fingerprint density at radius 3 is 1.15 bits per heavy atom. The van der Waals surface area contributed by atoms with Crippen LogP contribution < -0.4 is 0 Å². The summed E-state index contributed by atoms with van der Waals surface area (Å²) >= 11 is 0. The number of ether oxygens (including phenoxy) is 2. The van der Waals surface area contributed by atoms with Crippen LogP contribution in [-0.4, -0.2) is 66.3 Å². The van der Waals surface area contributed by atoms with Gasteiger partial charge in [-0.3, -0.25) is 13.8 Å². The fourth-order valence-corrected chi connectivity index (χ4v) is 9.20. The highest BCUT2D eigenvalue weighted by molar-refractivity contribution is 7.47. The molecule has 0 radical (unpaired) electrons. The molecule has 0 saturated carbocycles. The summed E-state index contributed by atoms with van der Waals surface area (Å²) in [6, 6.07) is 0. The van der Waals surface area contributed by atoms with Gasteiger partial charge in [-0.2, -0.15) is 0 Å².